The zero-order chi connectivity index (χ0) is 56.0. The van der Waals surface area contributed by atoms with Gasteiger partial charge in [0.15, 0.2) is 15.6 Å². The lowest BCUT2D eigenvalue weighted by atomic mass is 10.1. The van der Waals surface area contributed by atoms with Crippen LogP contribution in [0.3, 0.4) is 0 Å². The molecule has 0 heterocycles. The minimum Gasteiger partial charge on any atom is -0.505 e. The number of carbonyl (C=O) groups is 1. The quantitative estimate of drug-likeness (QED) is 0.0144. The summed E-state index contributed by atoms with van der Waals surface area (Å²) in [6, 6.07) is 20.4. The number of phenolic OH excluding ortho intramolecular Hbond substituents is 1. The fourth-order valence-electron chi connectivity index (χ4n) is 6.92. The van der Waals surface area contributed by atoms with Crippen LogP contribution in [0.1, 0.15) is 20.8 Å². The number of fused-ring (bicyclic) bond motifs is 1. The average molecular weight is 1170 g/mol. The number of carbonyl (C=O) groups excluding carboxylic acids is 1. The number of sulfonamides is 1. The molecule has 1 amide bonds. The highest BCUT2D eigenvalue weighted by Gasteiger charge is 2.27. The standard InChI is InChI=1S/C43H44N10O17S6/c1-5-53(6-2)30-13-17-33(35(23-30)45-25(3)54)48-46-27-7-9-29(10-8-27)52-73(58,59)31-14-11-28(12-15-31)47-50-41-36(71-69-4)21-26-22-38(75(63,64)65)42(43(55)39(26)40(41)44)51-49-34-18-16-32(24-37(34)74(60,61)62)72(56,57)20-19-70-76(66,67)68/h7-18,21-24,52,55H,5-6,19-20,44H2,1-4H3,(H,45,54)(H,60,61,62)(H,63,64,65)(H,66,67,68). The van der Waals surface area contributed by atoms with Crippen molar-refractivity contribution < 1.29 is 74.0 Å². The van der Waals surface area contributed by atoms with Crippen LogP contribution in [0.5, 0.6) is 5.75 Å². The topological polar surface area (TPSA) is 415 Å². The molecule has 0 bridgehead atoms. The molecule has 33 heteroatoms. The maximum Gasteiger partial charge on any atom is 0.397 e. The van der Waals surface area contributed by atoms with Gasteiger partial charge in [-0.2, -0.15) is 35.5 Å². The van der Waals surface area contributed by atoms with Crippen molar-refractivity contribution in [2.75, 3.05) is 53.2 Å². The number of rotatable bonds is 22. The first-order valence-electron chi connectivity index (χ1n) is 21.5. The Hall–Kier alpha value is -7.05. The molecule has 0 radical (unpaired) electrons. The number of hydrogen-bond acceptors (Lipinski definition) is 23. The summed E-state index contributed by atoms with van der Waals surface area (Å²) < 4.78 is 165. The lowest BCUT2D eigenvalue weighted by molar-refractivity contribution is -0.114. The Labute approximate surface area is 439 Å². The number of nitrogen functional groups attached to an aromatic ring is 1. The number of nitrogens with two attached hydrogens (primary N) is 1. The third-order valence-corrected chi connectivity index (χ3v) is 16.3. The highest BCUT2D eigenvalue weighted by atomic mass is 32.3. The van der Waals surface area contributed by atoms with Crippen molar-refractivity contribution in [3.05, 3.63) is 97.1 Å². The van der Waals surface area contributed by atoms with Crippen LogP contribution in [-0.2, 0) is 63.7 Å². The highest BCUT2D eigenvalue weighted by Crippen LogP contribution is 2.49. The Balaban J connectivity index is 1.26. The molecule has 0 aromatic heterocycles. The number of aromatic hydroxyl groups is 1. The lowest BCUT2D eigenvalue weighted by Crippen LogP contribution is -2.21. The third-order valence-electron chi connectivity index (χ3n) is 10.4. The smallest absolute Gasteiger partial charge is 0.397 e. The zero-order valence-electron chi connectivity index (χ0n) is 39.8. The van der Waals surface area contributed by atoms with Crippen molar-refractivity contribution in [1.82, 2.24) is 0 Å². The second kappa shape index (κ2) is 23.5. The largest absolute Gasteiger partial charge is 0.505 e. The van der Waals surface area contributed by atoms with Crippen LogP contribution in [0.2, 0.25) is 0 Å². The maximum atomic E-state index is 13.4. The number of benzene rings is 6. The highest BCUT2D eigenvalue weighted by molar-refractivity contribution is 7.95. The molecular formula is C43H44N10O17S6. The molecule has 0 aliphatic carbocycles. The summed E-state index contributed by atoms with van der Waals surface area (Å²) in [5.74, 6) is -2.46. The van der Waals surface area contributed by atoms with E-state index in [4.69, 9.17) is 14.5 Å². The molecule has 6 aromatic carbocycles. The van der Waals surface area contributed by atoms with Crippen LogP contribution in [0, 0.1) is 0 Å². The number of phenols is 1. The Bertz CT molecular complexity index is 3900. The summed E-state index contributed by atoms with van der Waals surface area (Å²) in [5, 5.41) is 37.9. The first-order chi connectivity index (χ1) is 35.5. The van der Waals surface area contributed by atoms with Gasteiger partial charge in [0.1, 0.15) is 32.5 Å². The van der Waals surface area contributed by atoms with Gasteiger partial charge in [-0.3, -0.25) is 23.2 Å². The van der Waals surface area contributed by atoms with Crippen LogP contribution in [0.4, 0.5) is 56.9 Å². The van der Waals surface area contributed by atoms with Gasteiger partial charge in [-0.25, -0.2) is 21.0 Å². The summed E-state index contributed by atoms with van der Waals surface area (Å²) in [6.45, 7) is 5.82. The summed E-state index contributed by atoms with van der Waals surface area (Å²) in [7, 11) is -23.2. The van der Waals surface area contributed by atoms with Crippen molar-refractivity contribution in [2.45, 2.75) is 45.2 Å². The predicted octanol–water partition coefficient (Wildman–Crippen LogP) is 8.72. The molecule has 0 saturated carbocycles. The number of anilines is 4. The van der Waals surface area contributed by atoms with Crippen molar-refractivity contribution in [3.8, 4) is 5.75 Å². The van der Waals surface area contributed by atoms with E-state index in [2.05, 4.69) is 49.8 Å². The first-order valence-corrected chi connectivity index (χ1v) is 29.6. The molecule has 6 rings (SSSR count). The molecule has 0 unspecified atom stereocenters. The predicted molar refractivity (Wildman–Crippen MR) is 279 cm³/mol. The molecule has 0 fully saturated rings. The summed E-state index contributed by atoms with van der Waals surface area (Å²) in [4.78, 5) is 10.8. The molecule has 0 atom stereocenters. The van der Waals surface area contributed by atoms with Gasteiger partial charge < -0.3 is 25.2 Å². The minimum atomic E-state index is -5.36. The van der Waals surface area contributed by atoms with Crippen LogP contribution in [0.25, 0.3) is 10.8 Å². The average Bonchev–Trinajstić information content (AvgIpc) is 3.33. The number of azo groups is 3. The normalized spacial score (nSPS) is 12.8. The van der Waals surface area contributed by atoms with Gasteiger partial charge in [0, 0.05) is 43.4 Å². The van der Waals surface area contributed by atoms with Gasteiger partial charge in [-0.1, -0.05) is 0 Å². The monoisotopic (exact) mass is 1160 g/mol. The fourth-order valence-corrected chi connectivity index (χ4v) is 11.5. The van der Waals surface area contributed by atoms with E-state index in [1.165, 1.54) is 68.6 Å². The van der Waals surface area contributed by atoms with E-state index >= 15 is 0 Å². The number of hydrogen-bond donors (Lipinski definition) is 7. The van der Waals surface area contributed by atoms with Crippen molar-refractivity contribution >= 4 is 136 Å². The molecule has 0 aliphatic heterocycles. The summed E-state index contributed by atoms with van der Waals surface area (Å²) in [5.41, 5.74) is 6.46. The van der Waals surface area contributed by atoms with E-state index in [9.17, 15) is 61.1 Å². The Morgan fingerprint density at radius 1 is 0.684 bits per heavy atom. The third kappa shape index (κ3) is 14.5. The Morgan fingerprint density at radius 3 is 1.83 bits per heavy atom. The minimum absolute atomic E-state index is 0.0823. The number of nitrogens with zero attached hydrogens (tertiary/aromatic N) is 7. The molecule has 404 valence electrons. The second-order valence-electron chi connectivity index (χ2n) is 15.5. The number of amides is 1. The molecule has 8 N–H and O–H groups in total. The Morgan fingerprint density at radius 2 is 1.25 bits per heavy atom. The van der Waals surface area contributed by atoms with Crippen LogP contribution in [-0.4, -0.2) is 99.3 Å². The van der Waals surface area contributed by atoms with E-state index in [-0.39, 0.29) is 43.5 Å². The molecule has 0 aliphatic rings. The molecular weight excluding hydrogens is 1120 g/mol. The molecule has 0 spiro atoms. The van der Waals surface area contributed by atoms with Gasteiger partial charge in [-0.05, 0) is 116 Å². The van der Waals surface area contributed by atoms with E-state index < -0.39 is 100 Å². The van der Waals surface area contributed by atoms with E-state index in [1.54, 1.807) is 12.1 Å². The maximum absolute atomic E-state index is 13.4. The lowest BCUT2D eigenvalue weighted by Gasteiger charge is -2.22. The van der Waals surface area contributed by atoms with Crippen LogP contribution >= 0.6 is 12.0 Å². The van der Waals surface area contributed by atoms with Gasteiger partial charge >= 0.3 is 10.4 Å². The first kappa shape index (κ1) is 58.2. The number of sulfone groups is 1. The second-order valence-corrected chi connectivity index (χ2v) is 24.1. The fraction of sp³-hybridized carbons (Fsp3) is 0.186. The molecule has 27 nitrogen and oxygen atoms in total. The van der Waals surface area contributed by atoms with Crippen molar-refractivity contribution in [1.29, 1.82) is 0 Å². The van der Waals surface area contributed by atoms with Crippen molar-refractivity contribution in [2.24, 2.45) is 30.7 Å². The number of nitrogens with one attached hydrogen (secondary N) is 2. The molecule has 6 aromatic rings. The van der Waals surface area contributed by atoms with E-state index in [0.29, 0.717) is 41.2 Å². The SMILES string of the molecule is CCN(CC)c1ccc(N=Nc2ccc(NS(=O)(=O)c3ccc(N=Nc4c(SOC)cc5cc(S(=O)(=O)O)c(N=Nc6ccc(S(=O)(=O)CCOS(=O)(=O)O)cc6S(=O)(=O)O)c(O)c5c4N)cc3)cc2)c(NC(C)=O)c1. The molecule has 76 heavy (non-hydrogen) atoms. The van der Waals surface area contributed by atoms with Gasteiger partial charge in [0.2, 0.25) is 5.91 Å². The van der Waals surface area contributed by atoms with Crippen molar-refractivity contribution in [3.63, 3.8) is 0 Å². The van der Waals surface area contributed by atoms with Crippen LogP contribution in [0.15, 0.2) is 152 Å². The van der Waals surface area contributed by atoms with Crippen LogP contribution < -0.4 is 20.7 Å². The van der Waals surface area contributed by atoms with Gasteiger partial charge in [0.25, 0.3) is 30.3 Å². The van der Waals surface area contributed by atoms with E-state index in [1.807, 2.05) is 19.9 Å². The van der Waals surface area contributed by atoms with E-state index in [0.717, 1.165) is 30.9 Å². The summed E-state index contributed by atoms with van der Waals surface area (Å²) >= 11 is 0.672. The Kier molecular flexibility index (Phi) is 18.0. The molecule has 0 saturated heterocycles. The van der Waals surface area contributed by atoms with Gasteiger partial charge in [-0.15, -0.1) is 20.5 Å². The van der Waals surface area contributed by atoms with Gasteiger partial charge in [0.05, 0.1) is 62.3 Å². The zero-order valence-corrected chi connectivity index (χ0v) is 44.7. The summed E-state index contributed by atoms with van der Waals surface area (Å²) in [6.07, 6.45) is 0.